The highest BCUT2D eigenvalue weighted by atomic mass is 16.3. The molecule has 1 aliphatic rings. The lowest BCUT2D eigenvalue weighted by Crippen LogP contribution is -2.44. The smallest absolute Gasteiger partial charge is 0.191 e. The molecule has 2 rings (SSSR count). The van der Waals surface area contributed by atoms with Crippen LogP contribution in [0.1, 0.15) is 50.3 Å². The van der Waals surface area contributed by atoms with Gasteiger partial charge in [-0.1, -0.05) is 19.9 Å². The van der Waals surface area contributed by atoms with Gasteiger partial charge < -0.3 is 15.7 Å². The Bertz CT molecular complexity index is 537. The van der Waals surface area contributed by atoms with Gasteiger partial charge in [-0.2, -0.15) is 0 Å². The Kier molecular flexibility index (Phi) is 5.69. The summed E-state index contributed by atoms with van der Waals surface area (Å²) in [5.41, 5.74) is 3.74. The van der Waals surface area contributed by atoms with Crippen molar-refractivity contribution in [3.05, 3.63) is 28.8 Å². The molecule has 0 fully saturated rings. The van der Waals surface area contributed by atoms with Crippen molar-refractivity contribution in [2.45, 2.75) is 59.0 Å². The van der Waals surface area contributed by atoms with Gasteiger partial charge >= 0.3 is 0 Å². The number of phenolic OH excluding ortho intramolecular Hbond substituents is 1. The zero-order valence-electron chi connectivity index (χ0n) is 14.2. The number of guanidine groups is 1. The van der Waals surface area contributed by atoms with E-state index in [2.05, 4.69) is 42.5 Å². The molecular formula is C18H29N3O. The molecule has 22 heavy (non-hydrogen) atoms. The van der Waals surface area contributed by atoms with Gasteiger partial charge in [0.25, 0.3) is 0 Å². The van der Waals surface area contributed by atoms with E-state index in [0.717, 1.165) is 24.4 Å². The second kappa shape index (κ2) is 7.52. The Balaban J connectivity index is 2.07. The van der Waals surface area contributed by atoms with Crippen molar-refractivity contribution in [2.24, 2.45) is 10.9 Å². The Morgan fingerprint density at radius 2 is 1.95 bits per heavy atom. The van der Waals surface area contributed by atoms with Crippen molar-refractivity contribution in [1.82, 2.24) is 10.6 Å². The molecule has 0 radical (unpaired) electrons. The first-order valence-corrected chi connectivity index (χ1v) is 8.32. The van der Waals surface area contributed by atoms with Gasteiger partial charge in [0.2, 0.25) is 0 Å². The van der Waals surface area contributed by atoms with Crippen LogP contribution in [0.15, 0.2) is 17.1 Å². The number of hydrogen-bond acceptors (Lipinski definition) is 2. The van der Waals surface area contributed by atoms with E-state index in [-0.39, 0.29) is 0 Å². The molecule has 4 nitrogen and oxygen atoms in total. The van der Waals surface area contributed by atoms with Crippen molar-refractivity contribution >= 4 is 5.96 Å². The number of nitrogens with zero attached hydrogens (tertiary/aromatic N) is 1. The molecule has 0 saturated carbocycles. The van der Waals surface area contributed by atoms with Crippen molar-refractivity contribution < 1.29 is 5.11 Å². The molecule has 0 aliphatic heterocycles. The van der Waals surface area contributed by atoms with Crippen molar-refractivity contribution in [2.75, 3.05) is 7.05 Å². The highest BCUT2D eigenvalue weighted by Gasteiger charge is 2.17. The first-order chi connectivity index (χ1) is 10.5. The molecule has 4 heteroatoms. The zero-order chi connectivity index (χ0) is 16.1. The molecule has 122 valence electrons. The van der Waals surface area contributed by atoms with E-state index < -0.39 is 0 Å². The van der Waals surface area contributed by atoms with Crippen LogP contribution in [-0.4, -0.2) is 24.2 Å². The van der Waals surface area contributed by atoms with Gasteiger partial charge in [0.1, 0.15) is 5.75 Å². The van der Waals surface area contributed by atoms with Crippen molar-refractivity contribution in [3.63, 3.8) is 0 Å². The van der Waals surface area contributed by atoms with Crippen LogP contribution in [0.4, 0.5) is 0 Å². The summed E-state index contributed by atoms with van der Waals surface area (Å²) in [6, 6.07) is 4.25. The number of benzene rings is 1. The SMILES string of the molecule is CN=C(NCc1c(O)ccc2c1CCCC2)NC(C)C(C)C. The van der Waals surface area contributed by atoms with Gasteiger partial charge in [-0.15, -0.1) is 0 Å². The number of fused-ring (bicyclic) bond motifs is 1. The number of aryl methyl sites for hydroxylation is 1. The van der Waals surface area contributed by atoms with E-state index in [1.165, 1.54) is 24.0 Å². The number of hydrogen-bond donors (Lipinski definition) is 3. The van der Waals surface area contributed by atoms with Crippen LogP contribution in [0.3, 0.4) is 0 Å². The first-order valence-electron chi connectivity index (χ1n) is 8.32. The number of nitrogens with one attached hydrogen (secondary N) is 2. The third-order valence-electron chi connectivity index (χ3n) is 4.65. The van der Waals surface area contributed by atoms with Gasteiger partial charge in [0, 0.05) is 25.2 Å². The van der Waals surface area contributed by atoms with E-state index in [4.69, 9.17) is 0 Å². The molecule has 1 aromatic rings. The van der Waals surface area contributed by atoms with Gasteiger partial charge in [-0.05, 0) is 55.7 Å². The third kappa shape index (κ3) is 3.93. The monoisotopic (exact) mass is 303 g/mol. The van der Waals surface area contributed by atoms with E-state index in [0.29, 0.717) is 24.3 Å². The molecule has 1 atom stereocenters. The minimum Gasteiger partial charge on any atom is -0.508 e. The maximum absolute atomic E-state index is 10.2. The van der Waals surface area contributed by atoms with Crippen LogP contribution in [-0.2, 0) is 19.4 Å². The Morgan fingerprint density at radius 1 is 1.23 bits per heavy atom. The molecule has 0 saturated heterocycles. The normalized spacial score (nSPS) is 16.3. The minimum absolute atomic E-state index is 0.351. The van der Waals surface area contributed by atoms with E-state index in [1.54, 1.807) is 7.05 Å². The molecule has 0 heterocycles. The fraction of sp³-hybridized carbons (Fsp3) is 0.611. The average Bonchev–Trinajstić information content (AvgIpc) is 2.52. The fourth-order valence-corrected chi connectivity index (χ4v) is 2.84. The Hall–Kier alpha value is -1.71. The predicted octanol–water partition coefficient (Wildman–Crippen LogP) is 2.98. The number of aromatic hydroxyl groups is 1. The summed E-state index contributed by atoms with van der Waals surface area (Å²) >= 11 is 0. The molecule has 0 aromatic heterocycles. The van der Waals surface area contributed by atoms with E-state index in [9.17, 15) is 5.11 Å². The third-order valence-corrected chi connectivity index (χ3v) is 4.65. The predicted molar refractivity (Wildman–Crippen MR) is 92.4 cm³/mol. The van der Waals surface area contributed by atoms with Crippen LogP contribution >= 0.6 is 0 Å². The topological polar surface area (TPSA) is 56.7 Å². The summed E-state index contributed by atoms with van der Waals surface area (Å²) in [6.45, 7) is 7.13. The van der Waals surface area contributed by atoms with Gasteiger partial charge in [-0.3, -0.25) is 4.99 Å². The molecule has 1 aromatic carbocycles. The maximum Gasteiger partial charge on any atom is 0.191 e. The zero-order valence-corrected chi connectivity index (χ0v) is 14.2. The molecular weight excluding hydrogens is 274 g/mol. The fourth-order valence-electron chi connectivity index (χ4n) is 2.84. The summed E-state index contributed by atoms with van der Waals surface area (Å²) in [4.78, 5) is 4.28. The number of rotatable bonds is 4. The van der Waals surface area contributed by atoms with Crippen LogP contribution in [0.5, 0.6) is 5.75 Å². The van der Waals surface area contributed by atoms with Gasteiger partial charge in [0.15, 0.2) is 5.96 Å². The minimum atomic E-state index is 0.351. The highest BCUT2D eigenvalue weighted by Crippen LogP contribution is 2.30. The quantitative estimate of drug-likeness (QED) is 0.592. The van der Waals surface area contributed by atoms with Crippen LogP contribution < -0.4 is 10.6 Å². The van der Waals surface area contributed by atoms with Crippen LogP contribution in [0.2, 0.25) is 0 Å². The number of phenols is 1. The number of aliphatic imine (C=N–C) groups is 1. The lowest BCUT2D eigenvalue weighted by molar-refractivity contribution is 0.462. The molecule has 3 N–H and O–H groups in total. The first kappa shape index (κ1) is 16.7. The average molecular weight is 303 g/mol. The largest absolute Gasteiger partial charge is 0.508 e. The Morgan fingerprint density at radius 3 is 2.64 bits per heavy atom. The van der Waals surface area contributed by atoms with E-state index in [1.807, 2.05) is 6.07 Å². The molecule has 0 amide bonds. The van der Waals surface area contributed by atoms with Crippen LogP contribution in [0.25, 0.3) is 0 Å². The summed E-state index contributed by atoms with van der Waals surface area (Å²) in [6.07, 6.45) is 4.65. The molecule has 1 unspecified atom stereocenters. The maximum atomic E-state index is 10.2. The van der Waals surface area contributed by atoms with Crippen molar-refractivity contribution in [3.8, 4) is 5.75 Å². The second-order valence-electron chi connectivity index (χ2n) is 6.51. The molecule has 0 bridgehead atoms. The molecule has 0 spiro atoms. The van der Waals surface area contributed by atoms with Crippen LogP contribution in [0, 0.1) is 5.92 Å². The lowest BCUT2D eigenvalue weighted by Gasteiger charge is -2.23. The summed E-state index contributed by atoms with van der Waals surface area (Å²) in [5, 5.41) is 17.0. The highest BCUT2D eigenvalue weighted by molar-refractivity contribution is 5.80. The summed E-state index contributed by atoms with van der Waals surface area (Å²) < 4.78 is 0. The van der Waals surface area contributed by atoms with Crippen molar-refractivity contribution in [1.29, 1.82) is 0 Å². The standard InChI is InChI=1S/C18H29N3O/c1-12(2)13(3)21-18(19-4)20-11-16-15-8-6-5-7-14(15)9-10-17(16)22/h9-10,12-13,22H,5-8,11H2,1-4H3,(H2,19,20,21). The second-order valence-corrected chi connectivity index (χ2v) is 6.51. The lowest BCUT2D eigenvalue weighted by atomic mass is 9.88. The Labute approximate surface area is 134 Å². The molecule has 1 aliphatic carbocycles. The van der Waals surface area contributed by atoms with E-state index >= 15 is 0 Å². The summed E-state index contributed by atoms with van der Waals surface area (Å²) in [5.74, 6) is 1.71. The summed E-state index contributed by atoms with van der Waals surface area (Å²) in [7, 11) is 1.78. The van der Waals surface area contributed by atoms with Gasteiger partial charge in [0.05, 0.1) is 0 Å². The van der Waals surface area contributed by atoms with Gasteiger partial charge in [-0.25, -0.2) is 0 Å².